The first kappa shape index (κ1) is 14.7. The maximum absolute atomic E-state index is 12.0. The van der Waals surface area contributed by atoms with E-state index in [1.54, 1.807) is 37.4 Å². The molecular weight excluding hydrogens is 272 g/mol. The molecule has 106 valence electrons. The maximum atomic E-state index is 12.0. The van der Waals surface area contributed by atoms with Crippen molar-refractivity contribution >= 4 is 11.8 Å². The van der Waals surface area contributed by atoms with E-state index >= 15 is 0 Å². The zero-order valence-electron chi connectivity index (χ0n) is 12.1. The fourth-order valence-corrected chi connectivity index (χ4v) is 2.79. The molecule has 1 heterocycles. The lowest BCUT2D eigenvalue weighted by atomic mass is 10.2. The van der Waals surface area contributed by atoms with Crippen LogP contribution in [0.1, 0.15) is 16.8 Å². The summed E-state index contributed by atoms with van der Waals surface area (Å²) in [4.78, 5) is 16.5. The van der Waals surface area contributed by atoms with Gasteiger partial charge in [0.1, 0.15) is 5.75 Å². The third-order valence-electron chi connectivity index (χ3n) is 3.22. The number of hydrogen-bond donors (Lipinski definition) is 0. The molecule has 5 heteroatoms. The summed E-state index contributed by atoms with van der Waals surface area (Å²) in [7, 11) is 3.41. The second kappa shape index (κ2) is 6.13. The van der Waals surface area contributed by atoms with Crippen LogP contribution in [-0.2, 0) is 12.8 Å². The Labute approximate surface area is 122 Å². The topological polar surface area (TPSA) is 44.1 Å². The van der Waals surface area contributed by atoms with Gasteiger partial charge in [-0.1, -0.05) is 23.9 Å². The van der Waals surface area contributed by atoms with Crippen molar-refractivity contribution in [3.8, 4) is 5.75 Å². The van der Waals surface area contributed by atoms with Gasteiger partial charge in [0.05, 0.1) is 7.11 Å². The first-order valence-corrected chi connectivity index (χ1v) is 7.31. The van der Waals surface area contributed by atoms with Crippen molar-refractivity contribution in [2.75, 3.05) is 7.11 Å². The van der Waals surface area contributed by atoms with E-state index in [2.05, 4.69) is 4.98 Å². The van der Waals surface area contributed by atoms with Crippen molar-refractivity contribution in [2.24, 2.45) is 7.05 Å². The summed E-state index contributed by atoms with van der Waals surface area (Å²) in [5.74, 6) is 1.59. The van der Waals surface area contributed by atoms with Crippen molar-refractivity contribution in [1.29, 1.82) is 0 Å². The Morgan fingerprint density at radius 3 is 2.80 bits per heavy atom. The lowest BCUT2D eigenvalue weighted by molar-refractivity contribution is 0.414. The van der Waals surface area contributed by atoms with Crippen LogP contribution in [0.5, 0.6) is 5.75 Å². The smallest absolute Gasteiger partial charge is 0.257 e. The van der Waals surface area contributed by atoms with Gasteiger partial charge < -0.3 is 4.74 Å². The molecule has 0 radical (unpaired) electrons. The van der Waals surface area contributed by atoms with Gasteiger partial charge in [-0.15, -0.1) is 0 Å². The van der Waals surface area contributed by atoms with E-state index < -0.39 is 0 Å². The van der Waals surface area contributed by atoms with Crippen LogP contribution < -0.4 is 10.3 Å². The number of ether oxygens (including phenoxy) is 1. The van der Waals surface area contributed by atoms with Gasteiger partial charge in [-0.05, 0) is 31.5 Å². The molecule has 0 spiro atoms. The Morgan fingerprint density at radius 1 is 1.35 bits per heavy atom. The molecule has 0 aliphatic rings. The quantitative estimate of drug-likeness (QED) is 0.641. The predicted octanol–water partition coefficient (Wildman–Crippen LogP) is 2.70. The third-order valence-corrected chi connectivity index (χ3v) is 4.32. The number of aromatic nitrogens is 2. The van der Waals surface area contributed by atoms with Crippen molar-refractivity contribution < 1.29 is 4.74 Å². The Kier molecular flexibility index (Phi) is 4.49. The second-order valence-electron chi connectivity index (χ2n) is 4.61. The van der Waals surface area contributed by atoms with Gasteiger partial charge in [0.25, 0.3) is 5.56 Å². The minimum atomic E-state index is 0.0191. The lowest BCUT2D eigenvalue weighted by Crippen LogP contribution is -2.23. The fourth-order valence-electron chi connectivity index (χ4n) is 1.83. The number of thioether (sulfide) groups is 1. The van der Waals surface area contributed by atoms with Crippen LogP contribution in [0, 0.1) is 13.8 Å². The summed E-state index contributed by atoms with van der Waals surface area (Å²) >= 11 is 1.55. The molecular formula is C15H18N2O2S. The molecule has 0 amide bonds. The highest BCUT2D eigenvalue weighted by molar-refractivity contribution is 7.98. The van der Waals surface area contributed by atoms with Crippen LogP contribution in [0.3, 0.4) is 0 Å². The minimum absolute atomic E-state index is 0.0191. The molecule has 4 nitrogen and oxygen atoms in total. The standard InChI is InChI=1S/C15H18N2O2S/c1-10-11(2)16-15(17(3)14(10)18)20-9-12-6-5-7-13(8-12)19-4/h5-8H,9H2,1-4H3. The highest BCUT2D eigenvalue weighted by atomic mass is 32.2. The molecule has 0 saturated carbocycles. The van der Waals surface area contributed by atoms with E-state index in [-0.39, 0.29) is 5.56 Å². The summed E-state index contributed by atoms with van der Waals surface area (Å²) in [5.41, 5.74) is 2.66. The van der Waals surface area contributed by atoms with Crippen LogP contribution in [0.2, 0.25) is 0 Å². The molecule has 0 unspecified atom stereocenters. The molecule has 1 aromatic heterocycles. The van der Waals surface area contributed by atoms with Crippen molar-refractivity contribution in [1.82, 2.24) is 9.55 Å². The molecule has 0 saturated heterocycles. The van der Waals surface area contributed by atoms with Crippen LogP contribution in [0.4, 0.5) is 0 Å². The average molecular weight is 290 g/mol. The minimum Gasteiger partial charge on any atom is -0.497 e. The molecule has 0 fully saturated rings. The summed E-state index contributed by atoms with van der Waals surface area (Å²) in [5, 5.41) is 0.737. The average Bonchev–Trinajstić information content (AvgIpc) is 2.47. The summed E-state index contributed by atoms with van der Waals surface area (Å²) in [6.45, 7) is 3.67. The molecule has 1 aromatic carbocycles. The number of nitrogens with zero attached hydrogens (tertiary/aromatic N) is 2. The van der Waals surface area contributed by atoms with Crippen molar-refractivity contribution in [3.63, 3.8) is 0 Å². The van der Waals surface area contributed by atoms with Gasteiger partial charge in [0, 0.05) is 24.1 Å². The molecule has 2 aromatic rings. The number of methoxy groups -OCH3 is 1. The van der Waals surface area contributed by atoms with Crippen LogP contribution in [0.15, 0.2) is 34.2 Å². The van der Waals surface area contributed by atoms with Crippen molar-refractivity contribution in [3.05, 3.63) is 51.4 Å². The first-order valence-electron chi connectivity index (χ1n) is 6.33. The molecule has 0 aliphatic heterocycles. The molecule has 0 N–H and O–H groups in total. The van der Waals surface area contributed by atoms with Crippen molar-refractivity contribution in [2.45, 2.75) is 24.8 Å². The van der Waals surface area contributed by atoms with Crippen LogP contribution in [-0.4, -0.2) is 16.7 Å². The Morgan fingerprint density at radius 2 is 2.10 bits per heavy atom. The van der Waals surface area contributed by atoms with Crippen LogP contribution >= 0.6 is 11.8 Å². The molecule has 20 heavy (non-hydrogen) atoms. The third kappa shape index (κ3) is 3.04. The number of rotatable bonds is 4. The largest absolute Gasteiger partial charge is 0.497 e. The molecule has 0 bridgehead atoms. The summed E-state index contributed by atoms with van der Waals surface area (Å²) in [6.07, 6.45) is 0. The van der Waals surface area contributed by atoms with E-state index in [1.807, 2.05) is 31.2 Å². The Bertz CT molecular complexity index is 680. The number of hydrogen-bond acceptors (Lipinski definition) is 4. The van der Waals surface area contributed by atoms with Gasteiger partial charge in [-0.3, -0.25) is 9.36 Å². The van der Waals surface area contributed by atoms with E-state index in [0.717, 1.165) is 27.9 Å². The van der Waals surface area contributed by atoms with Gasteiger partial charge in [0.15, 0.2) is 5.16 Å². The fraction of sp³-hybridized carbons (Fsp3) is 0.333. The van der Waals surface area contributed by atoms with E-state index in [1.165, 1.54) is 0 Å². The summed E-state index contributed by atoms with van der Waals surface area (Å²) < 4.78 is 6.81. The normalized spacial score (nSPS) is 10.6. The highest BCUT2D eigenvalue weighted by Gasteiger charge is 2.09. The number of aryl methyl sites for hydroxylation is 1. The highest BCUT2D eigenvalue weighted by Crippen LogP contribution is 2.22. The molecule has 0 aliphatic carbocycles. The van der Waals surface area contributed by atoms with Gasteiger partial charge in [-0.2, -0.15) is 0 Å². The van der Waals surface area contributed by atoms with E-state index in [4.69, 9.17) is 4.74 Å². The first-order chi connectivity index (χ1) is 9.52. The molecule has 0 atom stereocenters. The Balaban J connectivity index is 2.21. The second-order valence-corrected chi connectivity index (χ2v) is 5.55. The SMILES string of the molecule is COc1cccc(CSc2nc(C)c(C)c(=O)n2C)c1. The van der Waals surface area contributed by atoms with E-state index in [0.29, 0.717) is 5.56 Å². The van der Waals surface area contributed by atoms with Crippen LogP contribution in [0.25, 0.3) is 0 Å². The van der Waals surface area contributed by atoms with E-state index in [9.17, 15) is 4.79 Å². The zero-order valence-corrected chi connectivity index (χ0v) is 13.0. The number of benzene rings is 1. The molecule has 2 rings (SSSR count). The lowest BCUT2D eigenvalue weighted by Gasteiger charge is -2.10. The maximum Gasteiger partial charge on any atom is 0.257 e. The van der Waals surface area contributed by atoms with Gasteiger partial charge in [-0.25, -0.2) is 4.98 Å². The Hall–Kier alpha value is -1.75. The van der Waals surface area contributed by atoms with Gasteiger partial charge in [0.2, 0.25) is 0 Å². The zero-order chi connectivity index (χ0) is 14.7. The van der Waals surface area contributed by atoms with Gasteiger partial charge >= 0.3 is 0 Å². The summed E-state index contributed by atoms with van der Waals surface area (Å²) in [6, 6.07) is 7.90. The monoisotopic (exact) mass is 290 g/mol. The predicted molar refractivity (Wildman–Crippen MR) is 81.5 cm³/mol.